The Bertz CT molecular complexity index is 474. The maximum atomic E-state index is 11.9. The highest BCUT2D eigenvalue weighted by Gasteiger charge is 2.33. The summed E-state index contributed by atoms with van der Waals surface area (Å²) >= 11 is 1.84. The molecule has 18 heavy (non-hydrogen) atoms. The highest BCUT2D eigenvalue weighted by Crippen LogP contribution is 2.21. The van der Waals surface area contributed by atoms with Crippen LogP contribution in [0.4, 0.5) is 0 Å². The fourth-order valence-corrected chi connectivity index (χ4v) is 3.37. The van der Waals surface area contributed by atoms with Crippen molar-refractivity contribution in [2.24, 2.45) is 5.10 Å². The van der Waals surface area contributed by atoms with Crippen LogP contribution in [0.5, 0.6) is 0 Å². The van der Waals surface area contributed by atoms with Crippen LogP contribution in [0.1, 0.15) is 12.0 Å². The van der Waals surface area contributed by atoms with Gasteiger partial charge in [0, 0.05) is 17.9 Å². The minimum atomic E-state index is -0.0785. The summed E-state index contributed by atoms with van der Waals surface area (Å²) in [5.41, 5.74) is 3.72. The Labute approximate surface area is 110 Å². The average Bonchev–Trinajstić information content (AvgIpc) is 2.67. The van der Waals surface area contributed by atoms with Gasteiger partial charge in [-0.05, 0) is 12.2 Å². The van der Waals surface area contributed by atoms with Gasteiger partial charge in [-0.3, -0.25) is 4.79 Å². The van der Waals surface area contributed by atoms with E-state index in [9.17, 15) is 4.79 Å². The molecule has 0 aromatic heterocycles. The number of carbonyl (C=O) groups excluding carboxylic acids is 1. The molecule has 1 amide bonds. The van der Waals surface area contributed by atoms with Crippen LogP contribution in [0.3, 0.4) is 0 Å². The Morgan fingerprint density at radius 3 is 3.00 bits per heavy atom. The van der Waals surface area contributed by atoms with E-state index in [1.54, 1.807) is 0 Å². The lowest BCUT2D eigenvalue weighted by Crippen LogP contribution is -2.54. The lowest BCUT2D eigenvalue weighted by Gasteiger charge is -2.34. The van der Waals surface area contributed by atoms with Gasteiger partial charge in [-0.1, -0.05) is 30.3 Å². The summed E-state index contributed by atoms with van der Waals surface area (Å²) < 4.78 is 0. The molecular weight excluding hydrogens is 246 g/mol. The third-order valence-electron chi connectivity index (χ3n) is 3.22. The molecule has 1 fully saturated rings. The van der Waals surface area contributed by atoms with Crippen molar-refractivity contribution in [3.8, 4) is 0 Å². The molecule has 0 aliphatic carbocycles. The Hall–Kier alpha value is -1.49. The van der Waals surface area contributed by atoms with Gasteiger partial charge < -0.3 is 4.90 Å². The minimum Gasteiger partial charge on any atom is -0.342 e. The Kier molecular flexibility index (Phi) is 3.23. The van der Waals surface area contributed by atoms with Crippen molar-refractivity contribution in [1.82, 2.24) is 10.3 Å². The molecule has 1 aromatic rings. The first kappa shape index (κ1) is 11.6. The van der Waals surface area contributed by atoms with Crippen LogP contribution in [-0.4, -0.2) is 40.7 Å². The largest absolute Gasteiger partial charge is 0.342 e. The molecule has 0 saturated carbocycles. The lowest BCUT2D eigenvalue weighted by molar-refractivity contribution is -0.125. The second kappa shape index (κ2) is 5.02. The third-order valence-corrected chi connectivity index (χ3v) is 4.35. The number of amidine groups is 1. The van der Waals surface area contributed by atoms with Crippen LogP contribution >= 0.6 is 11.8 Å². The number of rotatable bonds is 1. The zero-order valence-corrected chi connectivity index (χ0v) is 10.8. The zero-order valence-electron chi connectivity index (χ0n) is 10.0. The number of hydrogen-bond acceptors (Lipinski definition) is 4. The molecule has 1 unspecified atom stereocenters. The smallest absolute Gasteiger partial charge is 0.263 e. The van der Waals surface area contributed by atoms with E-state index in [1.807, 2.05) is 42.1 Å². The van der Waals surface area contributed by atoms with Gasteiger partial charge in [0.2, 0.25) is 0 Å². The Balaban J connectivity index is 1.96. The van der Waals surface area contributed by atoms with Crippen LogP contribution < -0.4 is 5.43 Å². The summed E-state index contributed by atoms with van der Waals surface area (Å²) in [5.74, 6) is 2.87. The molecule has 2 heterocycles. The van der Waals surface area contributed by atoms with Crippen LogP contribution in [0.2, 0.25) is 0 Å². The van der Waals surface area contributed by atoms with E-state index in [1.165, 1.54) is 0 Å². The third kappa shape index (κ3) is 2.10. The predicted molar refractivity (Wildman–Crippen MR) is 73.6 cm³/mol. The first-order valence-electron chi connectivity index (χ1n) is 6.13. The monoisotopic (exact) mass is 261 g/mol. The molecule has 4 nitrogen and oxygen atoms in total. The summed E-state index contributed by atoms with van der Waals surface area (Å²) in [6, 6.07) is 9.97. The molecule has 94 valence electrons. The first-order valence-corrected chi connectivity index (χ1v) is 7.29. The van der Waals surface area contributed by atoms with E-state index in [2.05, 4.69) is 15.4 Å². The minimum absolute atomic E-state index is 0.0177. The number of hydrogen-bond donors (Lipinski definition) is 1. The predicted octanol–water partition coefficient (Wildman–Crippen LogP) is 1.29. The number of nitrogens with one attached hydrogen (secondary N) is 1. The van der Waals surface area contributed by atoms with Crippen molar-refractivity contribution in [1.29, 1.82) is 0 Å². The lowest BCUT2D eigenvalue weighted by atomic mass is 10.1. The number of thioether (sulfide) groups is 1. The molecular formula is C13H15N3OS. The van der Waals surface area contributed by atoms with E-state index in [0.717, 1.165) is 35.9 Å². The highest BCUT2D eigenvalue weighted by atomic mass is 32.2. The quantitative estimate of drug-likeness (QED) is 0.828. The maximum absolute atomic E-state index is 11.9. The molecule has 0 spiro atoms. The average molecular weight is 261 g/mol. The maximum Gasteiger partial charge on any atom is 0.263 e. The van der Waals surface area contributed by atoms with Crippen molar-refractivity contribution in [2.75, 3.05) is 18.1 Å². The SMILES string of the molecule is O=C1NN=C(c2ccccc2)N2CCCSCC12. The van der Waals surface area contributed by atoms with E-state index < -0.39 is 0 Å². The number of carbonyl (C=O) groups is 1. The molecule has 1 aromatic carbocycles. The summed E-state index contributed by atoms with van der Waals surface area (Å²) in [6.07, 6.45) is 1.10. The molecule has 3 rings (SSSR count). The van der Waals surface area contributed by atoms with Crippen molar-refractivity contribution in [3.05, 3.63) is 35.9 Å². The van der Waals surface area contributed by atoms with Crippen molar-refractivity contribution >= 4 is 23.5 Å². The van der Waals surface area contributed by atoms with Gasteiger partial charge in [0.25, 0.3) is 5.91 Å². The summed E-state index contributed by atoms with van der Waals surface area (Å²) in [6.45, 7) is 0.902. The number of amides is 1. The second-order valence-corrected chi connectivity index (χ2v) is 5.56. The number of fused-ring (bicyclic) bond motifs is 1. The van der Waals surface area contributed by atoms with Gasteiger partial charge in [0.1, 0.15) is 6.04 Å². The number of hydrazone groups is 1. The standard InChI is InChI=1S/C13H15N3OS/c17-13-11-9-18-8-4-7-16(11)12(14-15-13)10-5-2-1-3-6-10/h1-3,5-6,11H,4,7-9H2,(H,15,17). The fraction of sp³-hybridized carbons (Fsp3) is 0.385. The summed E-state index contributed by atoms with van der Waals surface area (Å²) in [5, 5.41) is 4.24. The second-order valence-electron chi connectivity index (χ2n) is 4.42. The van der Waals surface area contributed by atoms with E-state index in [0.29, 0.717) is 0 Å². The van der Waals surface area contributed by atoms with Crippen LogP contribution in [0.15, 0.2) is 35.4 Å². The molecule has 2 aliphatic heterocycles. The van der Waals surface area contributed by atoms with Gasteiger partial charge in [0.05, 0.1) is 0 Å². The Morgan fingerprint density at radius 1 is 1.33 bits per heavy atom. The van der Waals surface area contributed by atoms with Crippen LogP contribution in [-0.2, 0) is 4.79 Å². The topological polar surface area (TPSA) is 44.7 Å². The van der Waals surface area contributed by atoms with Gasteiger partial charge in [-0.2, -0.15) is 16.9 Å². The molecule has 1 atom stereocenters. The Morgan fingerprint density at radius 2 is 2.17 bits per heavy atom. The number of nitrogens with zero attached hydrogens (tertiary/aromatic N) is 2. The fourth-order valence-electron chi connectivity index (χ4n) is 2.31. The van der Waals surface area contributed by atoms with Crippen molar-refractivity contribution in [2.45, 2.75) is 12.5 Å². The van der Waals surface area contributed by atoms with Crippen LogP contribution in [0, 0.1) is 0 Å². The molecule has 2 aliphatic rings. The molecule has 1 N–H and O–H groups in total. The van der Waals surface area contributed by atoms with Gasteiger partial charge >= 0.3 is 0 Å². The summed E-state index contributed by atoms with van der Waals surface area (Å²) in [4.78, 5) is 14.0. The van der Waals surface area contributed by atoms with E-state index in [4.69, 9.17) is 0 Å². The van der Waals surface area contributed by atoms with Crippen LogP contribution in [0.25, 0.3) is 0 Å². The van der Waals surface area contributed by atoms with Gasteiger partial charge in [-0.25, -0.2) is 5.43 Å². The normalized spacial score (nSPS) is 23.8. The van der Waals surface area contributed by atoms with Crippen molar-refractivity contribution in [3.63, 3.8) is 0 Å². The molecule has 1 saturated heterocycles. The zero-order chi connectivity index (χ0) is 12.4. The van der Waals surface area contributed by atoms with E-state index in [-0.39, 0.29) is 11.9 Å². The van der Waals surface area contributed by atoms with Crippen molar-refractivity contribution < 1.29 is 4.79 Å². The molecule has 0 radical (unpaired) electrons. The van der Waals surface area contributed by atoms with Gasteiger partial charge in [0.15, 0.2) is 5.84 Å². The molecule has 0 bridgehead atoms. The number of benzene rings is 1. The van der Waals surface area contributed by atoms with Gasteiger partial charge in [-0.15, -0.1) is 0 Å². The van der Waals surface area contributed by atoms with E-state index >= 15 is 0 Å². The highest BCUT2D eigenvalue weighted by molar-refractivity contribution is 7.99. The molecule has 5 heteroatoms. The first-order chi connectivity index (χ1) is 8.86. The summed E-state index contributed by atoms with van der Waals surface area (Å²) in [7, 11) is 0.